The quantitative estimate of drug-likeness (QED) is 0.801. The van der Waals surface area contributed by atoms with E-state index in [1.54, 1.807) is 0 Å². The van der Waals surface area contributed by atoms with Gasteiger partial charge in [0, 0.05) is 19.1 Å². The summed E-state index contributed by atoms with van der Waals surface area (Å²) in [4.78, 5) is 10.3. The molecule has 0 aliphatic heterocycles. The smallest absolute Gasteiger partial charge is 0.157 e. The highest BCUT2D eigenvalue weighted by Crippen LogP contribution is 2.23. The molecule has 3 N–H and O–H groups in total. The van der Waals surface area contributed by atoms with Gasteiger partial charge in [-0.2, -0.15) is 0 Å². The van der Waals surface area contributed by atoms with Crippen molar-refractivity contribution in [1.82, 2.24) is 14.9 Å². The monoisotopic (exact) mass is 269 g/mol. The lowest BCUT2D eigenvalue weighted by Gasteiger charge is -2.24. The predicted molar refractivity (Wildman–Crippen MR) is 74.8 cm³/mol. The Bertz CT molecular complexity index is 392. The number of hydrogen-bond acceptors (Lipinski definition) is 5. The summed E-state index contributed by atoms with van der Waals surface area (Å²) >= 11 is 5.83. The van der Waals surface area contributed by atoms with Crippen LogP contribution in [0.5, 0.6) is 0 Å². The van der Waals surface area contributed by atoms with E-state index in [1.807, 2.05) is 0 Å². The second-order valence-corrected chi connectivity index (χ2v) is 5.13. The number of nitrogen functional groups attached to an aromatic ring is 1. The van der Waals surface area contributed by atoms with Gasteiger partial charge in [0.2, 0.25) is 0 Å². The van der Waals surface area contributed by atoms with Gasteiger partial charge in [0.15, 0.2) is 11.0 Å². The average molecular weight is 270 g/mol. The molecule has 5 nitrogen and oxygen atoms in total. The molecular weight excluding hydrogens is 250 g/mol. The third kappa shape index (κ3) is 3.23. The molecule has 1 aromatic heterocycles. The summed E-state index contributed by atoms with van der Waals surface area (Å²) in [7, 11) is 2.17. The fraction of sp³-hybridized carbons (Fsp3) is 0.667. The first-order valence-electron chi connectivity index (χ1n) is 6.38. The van der Waals surface area contributed by atoms with Crippen LogP contribution in [0.4, 0.5) is 11.5 Å². The Balaban J connectivity index is 1.79. The van der Waals surface area contributed by atoms with E-state index in [-0.39, 0.29) is 0 Å². The number of aromatic nitrogens is 2. The van der Waals surface area contributed by atoms with Gasteiger partial charge < -0.3 is 16.0 Å². The summed E-state index contributed by atoms with van der Waals surface area (Å²) in [5, 5.41) is 3.51. The normalized spacial score (nSPS) is 16.4. The van der Waals surface area contributed by atoms with Crippen LogP contribution in [-0.2, 0) is 0 Å². The van der Waals surface area contributed by atoms with Gasteiger partial charge in [-0.3, -0.25) is 0 Å². The van der Waals surface area contributed by atoms with Gasteiger partial charge in [-0.25, -0.2) is 9.97 Å². The van der Waals surface area contributed by atoms with E-state index < -0.39 is 0 Å². The van der Waals surface area contributed by atoms with Crippen LogP contribution >= 0.6 is 11.6 Å². The van der Waals surface area contributed by atoms with Gasteiger partial charge in [0.1, 0.15) is 12.0 Å². The molecule has 2 rings (SSSR count). The Kier molecular flexibility index (Phi) is 4.60. The van der Waals surface area contributed by atoms with Crippen LogP contribution in [-0.4, -0.2) is 41.0 Å². The summed E-state index contributed by atoms with van der Waals surface area (Å²) in [6.07, 6.45) is 6.77. The molecular formula is C12H20ClN5. The number of likely N-dealkylation sites (N-methyl/N-ethyl adjacent to an activating group) is 1. The zero-order chi connectivity index (χ0) is 13.0. The highest BCUT2D eigenvalue weighted by Gasteiger charge is 2.18. The third-order valence-electron chi connectivity index (χ3n) is 3.54. The lowest BCUT2D eigenvalue weighted by Crippen LogP contribution is -2.33. The van der Waals surface area contributed by atoms with E-state index in [2.05, 4.69) is 27.2 Å². The summed E-state index contributed by atoms with van der Waals surface area (Å²) in [5.41, 5.74) is 6.21. The van der Waals surface area contributed by atoms with Crippen molar-refractivity contribution in [2.45, 2.75) is 31.7 Å². The van der Waals surface area contributed by atoms with Crippen LogP contribution in [0.1, 0.15) is 25.7 Å². The highest BCUT2D eigenvalue weighted by molar-refractivity contribution is 6.32. The maximum atomic E-state index is 5.83. The number of nitrogens with one attached hydrogen (secondary N) is 1. The largest absolute Gasteiger partial charge is 0.393 e. The highest BCUT2D eigenvalue weighted by atomic mass is 35.5. The maximum absolute atomic E-state index is 5.83. The summed E-state index contributed by atoms with van der Waals surface area (Å²) in [6.45, 7) is 1.79. The van der Waals surface area contributed by atoms with Gasteiger partial charge in [-0.15, -0.1) is 0 Å². The molecule has 0 atom stereocenters. The number of rotatable bonds is 5. The first-order valence-corrected chi connectivity index (χ1v) is 6.76. The molecule has 1 saturated carbocycles. The first-order chi connectivity index (χ1) is 8.68. The Morgan fingerprint density at radius 2 is 2.17 bits per heavy atom. The molecule has 0 radical (unpaired) electrons. The van der Waals surface area contributed by atoms with Crippen molar-refractivity contribution >= 4 is 23.1 Å². The second kappa shape index (κ2) is 6.20. The zero-order valence-electron chi connectivity index (χ0n) is 10.7. The fourth-order valence-electron chi connectivity index (χ4n) is 2.39. The Labute approximate surface area is 113 Å². The van der Waals surface area contributed by atoms with E-state index in [0.717, 1.165) is 19.1 Å². The van der Waals surface area contributed by atoms with Crippen molar-refractivity contribution in [3.63, 3.8) is 0 Å². The molecule has 100 valence electrons. The van der Waals surface area contributed by atoms with E-state index in [4.69, 9.17) is 17.3 Å². The fourth-order valence-corrected chi connectivity index (χ4v) is 2.53. The molecule has 0 spiro atoms. The van der Waals surface area contributed by atoms with Crippen molar-refractivity contribution in [2.24, 2.45) is 0 Å². The van der Waals surface area contributed by atoms with Crippen LogP contribution in [0.2, 0.25) is 5.15 Å². The molecule has 1 heterocycles. The summed E-state index contributed by atoms with van der Waals surface area (Å²) in [6, 6.07) is 0.734. The van der Waals surface area contributed by atoms with Crippen LogP contribution in [0.15, 0.2) is 6.33 Å². The van der Waals surface area contributed by atoms with Crippen molar-refractivity contribution in [3.05, 3.63) is 11.5 Å². The van der Waals surface area contributed by atoms with Gasteiger partial charge in [0.05, 0.1) is 0 Å². The lowest BCUT2D eigenvalue weighted by atomic mass is 10.2. The lowest BCUT2D eigenvalue weighted by molar-refractivity contribution is 0.254. The van der Waals surface area contributed by atoms with Crippen molar-refractivity contribution in [1.29, 1.82) is 0 Å². The number of nitrogens with zero attached hydrogens (tertiary/aromatic N) is 3. The number of anilines is 2. The van der Waals surface area contributed by atoms with Crippen molar-refractivity contribution < 1.29 is 0 Å². The Morgan fingerprint density at radius 1 is 1.44 bits per heavy atom. The molecule has 6 heteroatoms. The van der Waals surface area contributed by atoms with E-state index in [9.17, 15) is 0 Å². The van der Waals surface area contributed by atoms with E-state index in [0.29, 0.717) is 16.7 Å². The molecule has 1 fully saturated rings. The van der Waals surface area contributed by atoms with Gasteiger partial charge >= 0.3 is 0 Å². The average Bonchev–Trinajstić information content (AvgIpc) is 2.88. The molecule has 1 aliphatic carbocycles. The second-order valence-electron chi connectivity index (χ2n) is 4.77. The van der Waals surface area contributed by atoms with Crippen molar-refractivity contribution in [2.75, 3.05) is 31.2 Å². The molecule has 0 bridgehead atoms. The minimum atomic E-state index is 0.302. The predicted octanol–water partition coefficient (Wildman–Crippen LogP) is 2.00. The topological polar surface area (TPSA) is 67.1 Å². The molecule has 0 aromatic carbocycles. The number of hydrogen-bond donors (Lipinski definition) is 2. The summed E-state index contributed by atoms with van der Waals surface area (Å²) in [5.74, 6) is 0.620. The Hall–Kier alpha value is -1.07. The molecule has 0 amide bonds. The SMILES string of the molecule is CN(CCNc1ncnc(Cl)c1N)C1CCCC1. The van der Waals surface area contributed by atoms with Crippen molar-refractivity contribution in [3.8, 4) is 0 Å². The Morgan fingerprint density at radius 3 is 2.89 bits per heavy atom. The van der Waals surface area contributed by atoms with Crippen LogP contribution in [0.3, 0.4) is 0 Å². The van der Waals surface area contributed by atoms with E-state index in [1.165, 1.54) is 32.0 Å². The minimum absolute atomic E-state index is 0.302. The van der Waals surface area contributed by atoms with Gasteiger partial charge in [-0.05, 0) is 19.9 Å². The molecule has 18 heavy (non-hydrogen) atoms. The molecule has 1 aliphatic rings. The van der Waals surface area contributed by atoms with Crippen LogP contribution in [0, 0.1) is 0 Å². The first kappa shape index (κ1) is 13.4. The molecule has 0 unspecified atom stereocenters. The van der Waals surface area contributed by atoms with Crippen LogP contribution in [0.25, 0.3) is 0 Å². The standard InChI is InChI=1S/C12H20ClN5/c1-18(9-4-2-3-5-9)7-6-15-12-10(14)11(13)16-8-17-12/h8-9H,2-7,14H2,1H3,(H,15,16,17). The zero-order valence-corrected chi connectivity index (χ0v) is 11.5. The summed E-state index contributed by atoms with van der Waals surface area (Å²) < 4.78 is 0. The number of halogens is 1. The van der Waals surface area contributed by atoms with Crippen LogP contribution < -0.4 is 11.1 Å². The van der Waals surface area contributed by atoms with Gasteiger partial charge in [0.25, 0.3) is 0 Å². The maximum Gasteiger partial charge on any atom is 0.157 e. The van der Waals surface area contributed by atoms with Gasteiger partial charge in [-0.1, -0.05) is 24.4 Å². The third-order valence-corrected chi connectivity index (χ3v) is 3.84. The minimum Gasteiger partial charge on any atom is -0.393 e. The number of nitrogens with two attached hydrogens (primary N) is 1. The molecule has 1 aromatic rings. The molecule has 0 saturated heterocycles. The van der Waals surface area contributed by atoms with E-state index >= 15 is 0 Å².